The lowest BCUT2D eigenvalue weighted by molar-refractivity contribution is -0.115. The molecule has 0 spiro atoms. The number of hydrogen-bond acceptors (Lipinski definition) is 1. The standard InChI is InChI=1S/C11H21O/c1-3-5-6-7-8-9-10-11(12)4-2/h4H,3,5-10H2,1-2H3. The molecular weight excluding hydrogens is 148 g/mol. The fourth-order valence-electron chi connectivity index (χ4n) is 1.22. The van der Waals surface area contributed by atoms with Crippen LogP contribution in [0.25, 0.3) is 0 Å². The molecule has 0 unspecified atom stereocenters. The fraction of sp³-hybridized carbons (Fsp3) is 0.818. The van der Waals surface area contributed by atoms with Crippen molar-refractivity contribution in [3.63, 3.8) is 0 Å². The second kappa shape index (κ2) is 8.76. The van der Waals surface area contributed by atoms with Crippen molar-refractivity contribution in [3.8, 4) is 0 Å². The van der Waals surface area contributed by atoms with E-state index in [9.17, 15) is 4.79 Å². The summed E-state index contributed by atoms with van der Waals surface area (Å²) in [6.07, 6.45) is 9.99. The Morgan fingerprint density at radius 1 is 1.08 bits per heavy atom. The van der Waals surface area contributed by atoms with Crippen LogP contribution in [-0.4, -0.2) is 5.78 Å². The highest BCUT2D eigenvalue weighted by Gasteiger charge is 1.97. The van der Waals surface area contributed by atoms with Crippen molar-refractivity contribution in [2.45, 2.75) is 58.8 Å². The van der Waals surface area contributed by atoms with Gasteiger partial charge in [0.15, 0.2) is 0 Å². The van der Waals surface area contributed by atoms with Gasteiger partial charge in [-0.15, -0.1) is 0 Å². The summed E-state index contributed by atoms with van der Waals surface area (Å²) in [6.45, 7) is 4.04. The molecule has 0 saturated carbocycles. The number of ketones is 1. The monoisotopic (exact) mass is 169 g/mol. The number of Topliss-reactive ketones (excluding diaryl/α,β-unsaturated/α-hetero) is 1. The maximum Gasteiger partial charge on any atom is 0.136 e. The zero-order valence-corrected chi connectivity index (χ0v) is 8.44. The Labute approximate surface area is 76.6 Å². The molecule has 0 aromatic carbocycles. The van der Waals surface area contributed by atoms with Gasteiger partial charge in [0.25, 0.3) is 0 Å². The molecule has 1 heteroatoms. The van der Waals surface area contributed by atoms with E-state index in [1.807, 2.05) is 6.92 Å². The summed E-state index contributed by atoms with van der Waals surface area (Å²) >= 11 is 0. The van der Waals surface area contributed by atoms with Crippen LogP contribution in [0.15, 0.2) is 0 Å². The van der Waals surface area contributed by atoms with Crippen LogP contribution in [0, 0.1) is 6.42 Å². The third kappa shape index (κ3) is 7.77. The molecule has 0 amide bonds. The van der Waals surface area contributed by atoms with Crippen LogP contribution in [0.5, 0.6) is 0 Å². The van der Waals surface area contributed by atoms with E-state index in [1.165, 1.54) is 32.1 Å². The quantitative estimate of drug-likeness (QED) is 0.508. The first-order valence-corrected chi connectivity index (χ1v) is 5.13. The molecule has 0 atom stereocenters. The van der Waals surface area contributed by atoms with E-state index in [4.69, 9.17) is 0 Å². The number of unbranched alkanes of at least 4 members (excludes halogenated alkanes) is 5. The number of rotatable bonds is 8. The van der Waals surface area contributed by atoms with E-state index in [1.54, 1.807) is 6.42 Å². The van der Waals surface area contributed by atoms with Crippen LogP contribution in [0.1, 0.15) is 58.8 Å². The van der Waals surface area contributed by atoms with E-state index >= 15 is 0 Å². The average molecular weight is 169 g/mol. The van der Waals surface area contributed by atoms with Gasteiger partial charge in [0, 0.05) is 12.8 Å². The normalized spacial score (nSPS) is 10.2. The molecule has 1 nitrogen and oxygen atoms in total. The van der Waals surface area contributed by atoms with Crippen LogP contribution in [-0.2, 0) is 4.79 Å². The molecular formula is C11H21O. The van der Waals surface area contributed by atoms with Gasteiger partial charge in [-0.1, -0.05) is 46.0 Å². The lowest BCUT2D eigenvalue weighted by Crippen LogP contribution is -1.94. The Balaban J connectivity index is 2.95. The van der Waals surface area contributed by atoms with Crippen LogP contribution < -0.4 is 0 Å². The molecule has 0 N–H and O–H groups in total. The Morgan fingerprint density at radius 3 is 2.25 bits per heavy atom. The number of carbonyl (C=O) groups excluding carboxylic acids is 1. The SMILES string of the molecule is C[CH]C(=O)CCCCCCCC. The van der Waals surface area contributed by atoms with Crippen molar-refractivity contribution < 1.29 is 4.79 Å². The highest BCUT2D eigenvalue weighted by atomic mass is 16.1. The third-order valence-electron chi connectivity index (χ3n) is 2.10. The van der Waals surface area contributed by atoms with E-state index in [0.29, 0.717) is 5.78 Å². The van der Waals surface area contributed by atoms with Crippen molar-refractivity contribution in [1.82, 2.24) is 0 Å². The maximum atomic E-state index is 10.8. The van der Waals surface area contributed by atoms with Crippen molar-refractivity contribution in [1.29, 1.82) is 0 Å². The molecule has 0 aliphatic carbocycles. The predicted octanol–water partition coefficient (Wildman–Crippen LogP) is 3.53. The topological polar surface area (TPSA) is 17.1 Å². The summed E-state index contributed by atoms with van der Waals surface area (Å²) in [5.41, 5.74) is 0. The van der Waals surface area contributed by atoms with Gasteiger partial charge in [-0.05, 0) is 6.42 Å². The average Bonchev–Trinajstić information content (AvgIpc) is 2.10. The molecule has 0 aromatic rings. The van der Waals surface area contributed by atoms with Gasteiger partial charge < -0.3 is 0 Å². The molecule has 0 aliphatic rings. The van der Waals surface area contributed by atoms with E-state index in [0.717, 1.165) is 12.8 Å². The van der Waals surface area contributed by atoms with Gasteiger partial charge in [0.05, 0.1) is 0 Å². The van der Waals surface area contributed by atoms with E-state index in [2.05, 4.69) is 6.92 Å². The third-order valence-corrected chi connectivity index (χ3v) is 2.10. The maximum absolute atomic E-state index is 10.8. The Hall–Kier alpha value is -0.330. The van der Waals surface area contributed by atoms with Gasteiger partial charge in [0.2, 0.25) is 0 Å². The summed E-state index contributed by atoms with van der Waals surface area (Å²) in [5, 5.41) is 0. The Morgan fingerprint density at radius 2 is 1.67 bits per heavy atom. The van der Waals surface area contributed by atoms with Gasteiger partial charge in [-0.3, -0.25) is 4.79 Å². The zero-order chi connectivity index (χ0) is 9.23. The van der Waals surface area contributed by atoms with Gasteiger partial charge >= 0.3 is 0 Å². The number of hydrogen-bond donors (Lipinski definition) is 0. The first kappa shape index (κ1) is 11.7. The van der Waals surface area contributed by atoms with E-state index < -0.39 is 0 Å². The predicted molar refractivity (Wildman–Crippen MR) is 53.0 cm³/mol. The minimum absolute atomic E-state index is 0.297. The summed E-state index contributed by atoms with van der Waals surface area (Å²) < 4.78 is 0. The van der Waals surface area contributed by atoms with Crippen molar-refractivity contribution in [2.75, 3.05) is 0 Å². The smallest absolute Gasteiger partial charge is 0.136 e. The largest absolute Gasteiger partial charge is 0.299 e. The highest BCUT2D eigenvalue weighted by Crippen LogP contribution is 2.07. The van der Waals surface area contributed by atoms with E-state index in [-0.39, 0.29) is 0 Å². The first-order valence-electron chi connectivity index (χ1n) is 5.13. The minimum Gasteiger partial charge on any atom is -0.299 e. The van der Waals surface area contributed by atoms with Crippen molar-refractivity contribution in [2.24, 2.45) is 0 Å². The van der Waals surface area contributed by atoms with Gasteiger partial charge in [-0.25, -0.2) is 0 Å². The molecule has 12 heavy (non-hydrogen) atoms. The van der Waals surface area contributed by atoms with Crippen LogP contribution >= 0.6 is 0 Å². The number of carbonyl (C=O) groups is 1. The Kier molecular flexibility index (Phi) is 8.52. The molecule has 0 aromatic heterocycles. The minimum atomic E-state index is 0.297. The van der Waals surface area contributed by atoms with Gasteiger partial charge in [-0.2, -0.15) is 0 Å². The van der Waals surface area contributed by atoms with Crippen LogP contribution in [0.3, 0.4) is 0 Å². The molecule has 0 heterocycles. The van der Waals surface area contributed by atoms with Crippen LogP contribution in [0.4, 0.5) is 0 Å². The molecule has 0 bridgehead atoms. The first-order chi connectivity index (χ1) is 5.81. The summed E-state index contributed by atoms with van der Waals surface area (Å²) in [5.74, 6) is 0.297. The van der Waals surface area contributed by atoms with Crippen molar-refractivity contribution in [3.05, 3.63) is 6.42 Å². The zero-order valence-electron chi connectivity index (χ0n) is 8.44. The molecule has 71 valence electrons. The summed E-state index contributed by atoms with van der Waals surface area (Å²) in [6, 6.07) is 0. The molecule has 0 fully saturated rings. The second-order valence-electron chi connectivity index (χ2n) is 3.27. The Bertz CT molecular complexity index is 108. The molecule has 0 rings (SSSR count). The summed E-state index contributed by atoms with van der Waals surface area (Å²) in [4.78, 5) is 10.8. The molecule has 1 radical (unpaired) electrons. The van der Waals surface area contributed by atoms with Crippen LogP contribution in [0.2, 0.25) is 0 Å². The lowest BCUT2D eigenvalue weighted by Gasteiger charge is -1.98. The van der Waals surface area contributed by atoms with Gasteiger partial charge in [0.1, 0.15) is 5.78 Å². The molecule has 0 saturated heterocycles. The lowest BCUT2D eigenvalue weighted by atomic mass is 10.1. The molecule has 0 aliphatic heterocycles. The highest BCUT2D eigenvalue weighted by molar-refractivity contribution is 5.86. The van der Waals surface area contributed by atoms with Crippen molar-refractivity contribution >= 4 is 5.78 Å². The summed E-state index contributed by atoms with van der Waals surface area (Å²) in [7, 11) is 0. The fourth-order valence-corrected chi connectivity index (χ4v) is 1.22. The second-order valence-corrected chi connectivity index (χ2v) is 3.27.